The number of carbonyl (C=O) groups is 3. The van der Waals surface area contributed by atoms with Gasteiger partial charge in [-0.05, 0) is 18.2 Å². The van der Waals surface area contributed by atoms with Gasteiger partial charge in [0.05, 0.1) is 11.0 Å². The normalized spacial score (nSPS) is 8.72. The number of imidazole rings is 1. The molecule has 0 spiro atoms. The van der Waals surface area contributed by atoms with Gasteiger partial charge in [-0.25, -0.2) is 4.98 Å². The summed E-state index contributed by atoms with van der Waals surface area (Å²) in [5, 5.41) is 22.2. The zero-order chi connectivity index (χ0) is 22.7. The Bertz CT molecular complexity index is 1030. The van der Waals surface area contributed by atoms with Crippen LogP contribution in [0.25, 0.3) is 11.0 Å². The van der Waals surface area contributed by atoms with Crippen LogP contribution in [0.2, 0.25) is 0 Å². The van der Waals surface area contributed by atoms with E-state index in [1.54, 1.807) is 49.5 Å². The number of carboxylic acid groups (broad SMARTS) is 1. The van der Waals surface area contributed by atoms with E-state index in [0.29, 0.717) is 22.2 Å². The molecule has 2 aromatic carbocycles. The van der Waals surface area contributed by atoms with Crippen molar-refractivity contribution in [1.82, 2.24) is 15.3 Å². The SMILES string of the molecule is CN(C(=O)[O-])c1nc2ccc(C(=O)c3ccccc3)cc2[nH]1.CNC(C)=O.O=N[O-].[Na+].[Na+]. The number of nitrogens with zero attached hydrogens (tertiary/aromatic N) is 3. The molecule has 2 N–H and O–H groups in total. The molecule has 11 nitrogen and oxygen atoms in total. The number of aromatic amines is 1. The van der Waals surface area contributed by atoms with Crippen LogP contribution >= 0.6 is 0 Å². The van der Waals surface area contributed by atoms with Gasteiger partial charge < -0.3 is 35.2 Å². The summed E-state index contributed by atoms with van der Waals surface area (Å²) in [6.07, 6.45) is -1.36. The van der Waals surface area contributed by atoms with Gasteiger partial charge in [0.25, 0.3) is 0 Å². The van der Waals surface area contributed by atoms with E-state index < -0.39 is 6.09 Å². The Kier molecular flexibility index (Phi) is 16.3. The third kappa shape index (κ3) is 9.90. The molecular formula is C19H19N5Na2O6. The third-order valence-corrected chi connectivity index (χ3v) is 3.71. The molecule has 2 amide bonds. The second kappa shape index (κ2) is 16.4. The van der Waals surface area contributed by atoms with E-state index in [9.17, 15) is 19.5 Å². The molecule has 0 aliphatic heterocycles. The van der Waals surface area contributed by atoms with Crippen molar-refractivity contribution in [1.29, 1.82) is 0 Å². The maximum absolute atomic E-state index is 12.4. The predicted molar refractivity (Wildman–Crippen MR) is 109 cm³/mol. The Balaban J connectivity index is 0. The van der Waals surface area contributed by atoms with Crippen molar-refractivity contribution in [3.63, 3.8) is 0 Å². The van der Waals surface area contributed by atoms with E-state index in [1.165, 1.54) is 14.0 Å². The molecule has 0 aliphatic carbocycles. The van der Waals surface area contributed by atoms with E-state index >= 15 is 0 Å². The molecular weight excluding hydrogens is 440 g/mol. The smallest absolute Gasteiger partial charge is 0.530 e. The Morgan fingerprint density at radius 1 is 1.06 bits per heavy atom. The molecule has 0 bridgehead atoms. The number of H-pyrrole nitrogens is 1. The van der Waals surface area contributed by atoms with Crippen molar-refractivity contribution >= 4 is 34.8 Å². The van der Waals surface area contributed by atoms with Gasteiger partial charge in [-0.1, -0.05) is 30.3 Å². The Morgan fingerprint density at radius 2 is 1.59 bits per heavy atom. The van der Waals surface area contributed by atoms with E-state index in [-0.39, 0.29) is 76.8 Å². The van der Waals surface area contributed by atoms with Crippen LogP contribution in [0, 0.1) is 10.1 Å². The number of rotatable bonds is 3. The molecule has 0 atom stereocenters. The van der Waals surface area contributed by atoms with Crippen molar-refractivity contribution in [2.45, 2.75) is 6.92 Å². The molecule has 0 aliphatic rings. The van der Waals surface area contributed by atoms with E-state index in [4.69, 9.17) is 10.1 Å². The molecule has 0 radical (unpaired) electrons. The molecule has 13 heteroatoms. The van der Waals surface area contributed by atoms with Gasteiger partial charge in [0.2, 0.25) is 11.9 Å². The number of hydrogen-bond acceptors (Lipinski definition) is 8. The number of nitrogens with one attached hydrogen (secondary N) is 2. The monoisotopic (exact) mass is 459 g/mol. The first-order valence-electron chi connectivity index (χ1n) is 8.42. The fraction of sp³-hybridized carbons (Fsp3) is 0.158. The number of aromatic nitrogens is 2. The number of ketones is 1. The maximum Gasteiger partial charge on any atom is 1.00 e. The van der Waals surface area contributed by atoms with Crippen LogP contribution in [-0.4, -0.2) is 41.8 Å². The van der Waals surface area contributed by atoms with Gasteiger partial charge >= 0.3 is 59.1 Å². The van der Waals surface area contributed by atoms with Crippen LogP contribution < -0.4 is 74.4 Å². The van der Waals surface area contributed by atoms with Crippen LogP contribution in [0.1, 0.15) is 22.8 Å². The number of hydrogen-bond donors (Lipinski definition) is 2. The van der Waals surface area contributed by atoms with Crippen molar-refractivity contribution in [2.24, 2.45) is 5.34 Å². The summed E-state index contributed by atoms with van der Waals surface area (Å²) in [6, 6.07) is 13.9. The van der Waals surface area contributed by atoms with Crippen LogP contribution in [0.3, 0.4) is 0 Å². The van der Waals surface area contributed by atoms with Gasteiger partial charge in [-0.3, -0.25) is 9.59 Å². The van der Waals surface area contributed by atoms with Gasteiger partial charge in [0, 0.05) is 32.1 Å². The quantitative estimate of drug-likeness (QED) is 0.172. The summed E-state index contributed by atoms with van der Waals surface area (Å²) in [5.41, 5.74) is 2.26. The first kappa shape index (κ1) is 31.9. The van der Waals surface area contributed by atoms with Crippen molar-refractivity contribution in [3.05, 3.63) is 69.8 Å². The van der Waals surface area contributed by atoms with Crippen molar-refractivity contribution in [3.8, 4) is 0 Å². The number of benzene rings is 2. The standard InChI is InChI=1S/C16H13N3O3.C3H7NO.HNO2.2Na/c1-19(16(21)22)15-17-12-8-7-11(9-13(12)18-15)14(20)10-5-3-2-4-6-10;1-3(5)4-2;2-1-3;;/h2-9H,1H3,(H,17,18)(H,21,22);1-2H3,(H,4,5);(H,2,3);;/q;;;2*+1/p-2. The average Bonchev–Trinajstić information content (AvgIpc) is 3.17. The van der Waals surface area contributed by atoms with Crippen molar-refractivity contribution < 1.29 is 78.6 Å². The minimum absolute atomic E-state index is 0. The fourth-order valence-electron chi connectivity index (χ4n) is 2.14. The Labute approximate surface area is 228 Å². The molecule has 3 rings (SSSR count). The first-order chi connectivity index (χ1) is 14.2. The topological polar surface area (TPSA) is 171 Å². The maximum atomic E-state index is 12.4. The second-order valence-corrected chi connectivity index (χ2v) is 5.69. The first-order valence-corrected chi connectivity index (χ1v) is 8.42. The number of amides is 2. The Morgan fingerprint density at radius 3 is 2.06 bits per heavy atom. The van der Waals surface area contributed by atoms with Gasteiger partial charge in [-0.15, -0.1) is 5.34 Å². The fourth-order valence-corrected chi connectivity index (χ4v) is 2.14. The number of carbonyl (C=O) groups excluding carboxylic acids is 3. The van der Waals surface area contributed by atoms with Crippen LogP contribution in [0.15, 0.2) is 53.9 Å². The van der Waals surface area contributed by atoms with E-state index in [0.717, 1.165) is 10.2 Å². The van der Waals surface area contributed by atoms with Crippen LogP contribution in [0.4, 0.5) is 10.7 Å². The van der Waals surface area contributed by atoms with Crippen LogP contribution in [0.5, 0.6) is 0 Å². The molecule has 0 unspecified atom stereocenters. The van der Waals surface area contributed by atoms with Crippen molar-refractivity contribution in [2.75, 3.05) is 19.0 Å². The zero-order valence-electron chi connectivity index (χ0n) is 18.4. The zero-order valence-corrected chi connectivity index (χ0v) is 22.4. The summed E-state index contributed by atoms with van der Waals surface area (Å²) in [7, 11) is 2.94. The minimum atomic E-state index is -1.36. The molecule has 32 heavy (non-hydrogen) atoms. The summed E-state index contributed by atoms with van der Waals surface area (Å²) >= 11 is 0. The molecule has 0 fully saturated rings. The van der Waals surface area contributed by atoms with E-state index in [1.807, 2.05) is 6.07 Å². The third-order valence-electron chi connectivity index (χ3n) is 3.71. The number of anilines is 1. The summed E-state index contributed by atoms with van der Waals surface area (Å²) < 4.78 is 0. The molecule has 0 saturated carbocycles. The molecule has 1 aromatic heterocycles. The predicted octanol–water partition coefficient (Wildman–Crippen LogP) is -4.42. The summed E-state index contributed by atoms with van der Waals surface area (Å²) in [5.74, 6) is 0.0521. The Hall–Kier alpha value is -2.28. The van der Waals surface area contributed by atoms with Gasteiger partial charge in [-0.2, -0.15) is 0 Å². The summed E-state index contributed by atoms with van der Waals surface area (Å²) in [6.45, 7) is 1.47. The average molecular weight is 459 g/mol. The minimum Gasteiger partial charge on any atom is -0.530 e. The number of fused-ring (bicyclic) bond motifs is 1. The molecule has 3 aromatic rings. The molecule has 158 valence electrons. The second-order valence-electron chi connectivity index (χ2n) is 5.69. The van der Waals surface area contributed by atoms with Gasteiger partial charge in [0.1, 0.15) is 6.09 Å². The van der Waals surface area contributed by atoms with Gasteiger partial charge in [0.15, 0.2) is 5.78 Å². The summed E-state index contributed by atoms with van der Waals surface area (Å²) in [4.78, 5) is 48.8. The largest absolute Gasteiger partial charge is 1.00 e. The molecule has 0 saturated heterocycles. The molecule has 1 heterocycles. The van der Waals surface area contributed by atoms with Crippen LogP contribution in [-0.2, 0) is 4.79 Å². The van der Waals surface area contributed by atoms with E-state index in [2.05, 4.69) is 15.3 Å².